The minimum atomic E-state index is -0.809. The molecule has 1 N–H and O–H groups in total. The number of carbonyl (C=O) groups is 2. The van der Waals surface area contributed by atoms with Crippen LogP contribution in [0.5, 0.6) is 0 Å². The fraction of sp³-hybridized carbons (Fsp3) is 0.636. The molecule has 2 fully saturated rings. The molecule has 5 heteroatoms. The minimum Gasteiger partial charge on any atom is -0.451 e. The molecule has 3 rings (SSSR count). The van der Waals surface area contributed by atoms with Crippen molar-refractivity contribution in [2.75, 3.05) is 6.61 Å². The normalized spacial score (nSPS) is 34.4. The van der Waals surface area contributed by atoms with Crippen LogP contribution in [-0.4, -0.2) is 35.9 Å². The van der Waals surface area contributed by atoms with Crippen LogP contribution in [0.15, 0.2) is 30.3 Å². The van der Waals surface area contributed by atoms with Crippen molar-refractivity contribution in [1.29, 1.82) is 0 Å². The SMILES string of the molecule is CC(=O)[C@@H](C[C@@H]1[C@@H]2[C@@H](CC[C@H]1C)[C@@H](C)CO[C@@H]2O)OC(=O)c1ccccc1. The van der Waals surface area contributed by atoms with Crippen LogP contribution in [0.25, 0.3) is 0 Å². The number of aliphatic hydroxyl groups excluding tert-OH is 1. The predicted octanol–water partition coefficient (Wildman–Crippen LogP) is 3.45. The third-order valence-electron chi connectivity index (χ3n) is 6.46. The molecule has 7 atom stereocenters. The molecule has 1 aromatic carbocycles. The highest BCUT2D eigenvalue weighted by Crippen LogP contribution is 2.48. The lowest BCUT2D eigenvalue weighted by molar-refractivity contribution is -0.225. The van der Waals surface area contributed by atoms with Gasteiger partial charge in [0.25, 0.3) is 0 Å². The Morgan fingerprint density at radius 1 is 1.19 bits per heavy atom. The summed E-state index contributed by atoms with van der Waals surface area (Å²) in [7, 11) is 0. The number of esters is 1. The first-order valence-corrected chi connectivity index (χ1v) is 9.94. The van der Waals surface area contributed by atoms with Gasteiger partial charge in [0.1, 0.15) is 0 Å². The predicted molar refractivity (Wildman–Crippen MR) is 101 cm³/mol. The zero-order valence-electron chi connectivity index (χ0n) is 16.3. The van der Waals surface area contributed by atoms with Crippen LogP contribution >= 0.6 is 0 Å². The van der Waals surface area contributed by atoms with Crippen molar-refractivity contribution in [2.45, 2.75) is 52.4 Å². The van der Waals surface area contributed by atoms with Gasteiger partial charge in [-0.25, -0.2) is 4.79 Å². The molecular formula is C22H30O5. The Bertz CT molecular complexity index is 658. The number of rotatable bonds is 5. The number of ketones is 1. The zero-order valence-corrected chi connectivity index (χ0v) is 16.3. The Morgan fingerprint density at radius 3 is 2.56 bits per heavy atom. The standard InChI is InChI=1S/C22H30O5/c1-13-9-10-17-14(2)12-26-22(25)20(17)18(13)11-19(15(3)23)27-21(24)16-7-5-4-6-8-16/h4-8,13-14,17-20,22,25H,9-12H2,1-3H3/t13-,14+,17+,18+,19-,20+,22+/m1/s1. The van der Waals surface area contributed by atoms with Crippen LogP contribution in [0.4, 0.5) is 0 Å². The van der Waals surface area contributed by atoms with Crippen LogP contribution in [0.1, 0.15) is 50.4 Å². The Morgan fingerprint density at radius 2 is 1.89 bits per heavy atom. The second-order valence-corrected chi connectivity index (χ2v) is 8.27. The lowest BCUT2D eigenvalue weighted by Crippen LogP contribution is -2.50. The minimum absolute atomic E-state index is 0.0187. The lowest BCUT2D eigenvalue weighted by Gasteiger charge is -2.49. The van der Waals surface area contributed by atoms with E-state index in [0.29, 0.717) is 36.3 Å². The van der Waals surface area contributed by atoms with E-state index in [9.17, 15) is 14.7 Å². The molecule has 0 amide bonds. The molecule has 0 aromatic heterocycles. The average Bonchev–Trinajstić information content (AvgIpc) is 2.66. The third-order valence-corrected chi connectivity index (χ3v) is 6.46. The summed E-state index contributed by atoms with van der Waals surface area (Å²) in [6.45, 7) is 6.35. The highest BCUT2D eigenvalue weighted by atomic mass is 16.6. The summed E-state index contributed by atoms with van der Waals surface area (Å²) in [4.78, 5) is 24.7. The number of carbonyl (C=O) groups excluding carboxylic acids is 2. The van der Waals surface area contributed by atoms with E-state index in [1.165, 1.54) is 6.92 Å². The molecule has 2 aliphatic rings. The van der Waals surface area contributed by atoms with Gasteiger partial charge in [-0.2, -0.15) is 0 Å². The zero-order chi connectivity index (χ0) is 19.6. The topological polar surface area (TPSA) is 72.8 Å². The molecule has 1 aromatic rings. The van der Waals surface area contributed by atoms with Crippen molar-refractivity contribution in [1.82, 2.24) is 0 Å². The maximum absolute atomic E-state index is 12.4. The van der Waals surface area contributed by atoms with Gasteiger partial charge in [0.2, 0.25) is 0 Å². The Balaban J connectivity index is 1.76. The van der Waals surface area contributed by atoms with Crippen molar-refractivity contribution in [3.63, 3.8) is 0 Å². The van der Waals surface area contributed by atoms with Crippen LogP contribution in [0.3, 0.4) is 0 Å². The van der Waals surface area contributed by atoms with Gasteiger partial charge in [-0.05, 0) is 55.6 Å². The molecule has 0 spiro atoms. The average molecular weight is 374 g/mol. The largest absolute Gasteiger partial charge is 0.451 e. The van der Waals surface area contributed by atoms with Crippen molar-refractivity contribution in [3.05, 3.63) is 35.9 Å². The van der Waals surface area contributed by atoms with Gasteiger partial charge in [-0.1, -0.05) is 38.5 Å². The van der Waals surface area contributed by atoms with Gasteiger partial charge in [-0.3, -0.25) is 4.79 Å². The van der Waals surface area contributed by atoms with Crippen LogP contribution in [-0.2, 0) is 14.3 Å². The highest BCUT2D eigenvalue weighted by molar-refractivity contribution is 5.92. The van der Waals surface area contributed by atoms with Crippen molar-refractivity contribution in [2.24, 2.45) is 29.6 Å². The summed E-state index contributed by atoms with van der Waals surface area (Å²) in [6.07, 6.45) is 0.951. The van der Waals surface area contributed by atoms with Gasteiger partial charge in [0.05, 0.1) is 12.2 Å². The van der Waals surface area contributed by atoms with Crippen molar-refractivity contribution < 1.29 is 24.2 Å². The Labute approximate surface area is 161 Å². The maximum Gasteiger partial charge on any atom is 0.338 e. The Hall–Kier alpha value is -1.72. The van der Waals surface area contributed by atoms with E-state index in [4.69, 9.17) is 9.47 Å². The van der Waals surface area contributed by atoms with E-state index in [2.05, 4.69) is 13.8 Å². The van der Waals surface area contributed by atoms with Crippen molar-refractivity contribution >= 4 is 11.8 Å². The van der Waals surface area contributed by atoms with Gasteiger partial charge in [0, 0.05) is 5.92 Å². The molecule has 1 heterocycles. The number of Topliss-reactive ketones (excluding diaryl/α,β-unsaturated/α-hetero) is 1. The number of aliphatic hydroxyl groups is 1. The monoisotopic (exact) mass is 374 g/mol. The molecule has 1 saturated heterocycles. The van der Waals surface area contributed by atoms with E-state index in [1.807, 2.05) is 6.07 Å². The molecule has 27 heavy (non-hydrogen) atoms. The number of benzene rings is 1. The summed E-state index contributed by atoms with van der Waals surface area (Å²) in [5.41, 5.74) is 0.438. The summed E-state index contributed by atoms with van der Waals surface area (Å²) < 4.78 is 11.2. The molecule has 5 nitrogen and oxygen atoms in total. The highest BCUT2D eigenvalue weighted by Gasteiger charge is 2.47. The number of hydrogen-bond acceptors (Lipinski definition) is 5. The van der Waals surface area contributed by atoms with Gasteiger partial charge in [0.15, 0.2) is 18.2 Å². The van der Waals surface area contributed by atoms with Gasteiger partial charge >= 0.3 is 5.97 Å². The third kappa shape index (κ3) is 4.41. The second kappa shape index (κ2) is 8.53. The smallest absolute Gasteiger partial charge is 0.338 e. The first-order chi connectivity index (χ1) is 12.9. The van der Waals surface area contributed by atoms with E-state index < -0.39 is 18.4 Å². The number of hydrogen-bond donors (Lipinski definition) is 1. The van der Waals surface area contributed by atoms with Gasteiger partial charge < -0.3 is 14.6 Å². The summed E-state index contributed by atoms with van der Waals surface area (Å²) >= 11 is 0. The fourth-order valence-electron chi connectivity index (χ4n) is 4.84. The van der Waals surface area contributed by atoms with Crippen LogP contribution in [0.2, 0.25) is 0 Å². The maximum atomic E-state index is 12.4. The summed E-state index contributed by atoms with van der Waals surface area (Å²) in [6, 6.07) is 8.72. The first-order valence-electron chi connectivity index (χ1n) is 9.94. The molecule has 0 radical (unpaired) electrons. The van der Waals surface area contributed by atoms with E-state index in [0.717, 1.165) is 12.8 Å². The van der Waals surface area contributed by atoms with E-state index in [1.54, 1.807) is 24.3 Å². The molecule has 0 unspecified atom stereocenters. The van der Waals surface area contributed by atoms with Gasteiger partial charge in [-0.15, -0.1) is 0 Å². The fourth-order valence-corrected chi connectivity index (χ4v) is 4.84. The second-order valence-electron chi connectivity index (χ2n) is 8.27. The molecule has 1 aliphatic heterocycles. The van der Waals surface area contributed by atoms with Crippen molar-refractivity contribution in [3.8, 4) is 0 Å². The number of ether oxygens (including phenoxy) is 2. The molecule has 1 saturated carbocycles. The molecule has 1 aliphatic carbocycles. The Kier molecular flexibility index (Phi) is 6.33. The van der Waals surface area contributed by atoms with Crippen LogP contribution < -0.4 is 0 Å². The molecule has 148 valence electrons. The lowest BCUT2D eigenvalue weighted by atomic mass is 9.61. The van der Waals surface area contributed by atoms with E-state index in [-0.39, 0.29) is 17.6 Å². The molecule has 0 bridgehead atoms. The molecular weight excluding hydrogens is 344 g/mol. The first kappa shape index (κ1) is 20.0. The summed E-state index contributed by atoms with van der Waals surface area (Å²) in [5.74, 6) is 0.529. The van der Waals surface area contributed by atoms with Crippen LogP contribution in [0, 0.1) is 29.6 Å². The quantitative estimate of drug-likeness (QED) is 0.799. The summed E-state index contributed by atoms with van der Waals surface area (Å²) in [5, 5.41) is 10.5. The van der Waals surface area contributed by atoms with E-state index >= 15 is 0 Å². The number of fused-ring (bicyclic) bond motifs is 1.